The van der Waals surface area contributed by atoms with Crippen molar-refractivity contribution in [1.82, 2.24) is 25.2 Å². The lowest BCUT2D eigenvalue weighted by molar-refractivity contribution is 0.0525. The third-order valence-electron chi connectivity index (χ3n) is 8.77. The van der Waals surface area contributed by atoms with Gasteiger partial charge in [-0.3, -0.25) is 19.6 Å². The second kappa shape index (κ2) is 11.5. The molecule has 1 aliphatic carbocycles. The fourth-order valence-electron chi connectivity index (χ4n) is 6.72. The van der Waals surface area contributed by atoms with E-state index in [2.05, 4.69) is 21.4 Å². The van der Waals surface area contributed by atoms with Crippen molar-refractivity contribution >= 4 is 17.8 Å². The van der Waals surface area contributed by atoms with Crippen LogP contribution in [0.4, 0.5) is 8.78 Å². The first-order valence-electron chi connectivity index (χ1n) is 15.0. The second-order valence-corrected chi connectivity index (χ2v) is 11.4. The maximum atomic E-state index is 14.8. The molecule has 9 nitrogen and oxygen atoms in total. The Bertz CT molecular complexity index is 1860. The summed E-state index contributed by atoms with van der Waals surface area (Å²) in [5, 5.41) is 3.03. The van der Waals surface area contributed by atoms with Crippen molar-refractivity contribution in [1.29, 1.82) is 0 Å². The molecule has 228 valence electrons. The van der Waals surface area contributed by atoms with Gasteiger partial charge in [0.15, 0.2) is 0 Å². The molecule has 2 aliphatic heterocycles. The maximum Gasteiger partial charge on any atom is 0.340 e. The summed E-state index contributed by atoms with van der Waals surface area (Å²) in [5.41, 5.74) is 3.66. The van der Waals surface area contributed by atoms with Gasteiger partial charge >= 0.3 is 5.97 Å². The molecular formula is C34H29F2N5O4. The molecule has 11 heteroatoms. The van der Waals surface area contributed by atoms with Gasteiger partial charge < -0.3 is 15.0 Å². The Kier molecular flexibility index (Phi) is 7.31. The van der Waals surface area contributed by atoms with Gasteiger partial charge in [-0.15, -0.1) is 0 Å². The third-order valence-corrected chi connectivity index (χ3v) is 8.77. The highest BCUT2D eigenvalue weighted by Gasteiger charge is 2.45. The van der Waals surface area contributed by atoms with Gasteiger partial charge in [0.2, 0.25) is 0 Å². The topological polar surface area (TPSA) is 114 Å². The number of pyridine rings is 1. The van der Waals surface area contributed by atoms with Crippen LogP contribution in [-0.4, -0.2) is 50.8 Å². The molecule has 2 amide bonds. The molecule has 4 aromatic rings. The van der Waals surface area contributed by atoms with Crippen LogP contribution < -0.4 is 5.32 Å². The number of aryl methyl sites for hydroxylation is 1. The lowest BCUT2D eigenvalue weighted by Crippen LogP contribution is -2.28. The summed E-state index contributed by atoms with van der Waals surface area (Å²) in [6.45, 7) is 2.22. The number of amides is 2. The van der Waals surface area contributed by atoms with Gasteiger partial charge in [-0.25, -0.2) is 18.6 Å². The Morgan fingerprint density at radius 3 is 2.69 bits per heavy atom. The van der Waals surface area contributed by atoms with Gasteiger partial charge in [-0.1, -0.05) is 30.3 Å². The van der Waals surface area contributed by atoms with E-state index in [0.29, 0.717) is 18.7 Å². The standard InChI is InChI=1S/C34H29F2N5O4/c1-2-45-34(44)29-24(14-19-9-11-20(35)15-22(19)36)39-31-27-8-5-13-41(27)33(43)30(31)28(29)25-16-38-26(17-37-25)32(42)40-23-12-10-18-6-3-4-7-21(18)23/h3-4,6-7,9,11,15-17,23,27H,2,5,8,10,12-14H2,1H3,(H,40,42)/t23-,27+/m1/s1. The molecule has 2 aromatic heterocycles. The van der Waals surface area contributed by atoms with E-state index in [-0.39, 0.29) is 70.4 Å². The Labute approximate surface area is 257 Å². The van der Waals surface area contributed by atoms with Gasteiger partial charge in [-0.05, 0) is 55.4 Å². The van der Waals surface area contributed by atoms with Crippen molar-refractivity contribution < 1.29 is 27.9 Å². The minimum Gasteiger partial charge on any atom is -0.462 e. The summed E-state index contributed by atoms with van der Waals surface area (Å²) < 4.78 is 33.9. The van der Waals surface area contributed by atoms with E-state index in [1.807, 2.05) is 18.2 Å². The maximum absolute atomic E-state index is 14.8. The number of carbonyl (C=O) groups excluding carboxylic acids is 3. The molecule has 0 bridgehead atoms. The molecule has 45 heavy (non-hydrogen) atoms. The number of halogens is 2. The van der Waals surface area contributed by atoms with Crippen LogP contribution in [0.15, 0.2) is 54.9 Å². The van der Waals surface area contributed by atoms with Crippen LogP contribution in [0.5, 0.6) is 0 Å². The Morgan fingerprint density at radius 1 is 1.07 bits per heavy atom. The van der Waals surface area contributed by atoms with Crippen molar-refractivity contribution in [3.8, 4) is 11.3 Å². The summed E-state index contributed by atoms with van der Waals surface area (Å²) in [5.74, 6) is -2.96. The molecule has 1 saturated heterocycles. The monoisotopic (exact) mass is 609 g/mol. The molecule has 0 unspecified atom stereocenters. The van der Waals surface area contributed by atoms with Gasteiger partial charge in [0, 0.05) is 24.6 Å². The van der Waals surface area contributed by atoms with Crippen LogP contribution in [0.3, 0.4) is 0 Å². The van der Waals surface area contributed by atoms with Crippen LogP contribution in [0, 0.1) is 11.6 Å². The molecule has 0 saturated carbocycles. The average Bonchev–Trinajstić information content (AvgIpc) is 3.75. The van der Waals surface area contributed by atoms with Crippen molar-refractivity contribution in [2.45, 2.75) is 51.1 Å². The molecule has 1 fully saturated rings. The second-order valence-electron chi connectivity index (χ2n) is 11.4. The van der Waals surface area contributed by atoms with Crippen molar-refractivity contribution in [3.05, 3.63) is 111 Å². The number of fused-ring (bicyclic) bond motifs is 4. The summed E-state index contributed by atoms with van der Waals surface area (Å²) in [7, 11) is 0. The summed E-state index contributed by atoms with van der Waals surface area (Å²) in [4.78, 5) is 55.9. The smallest absolute Gasteiger partial charge is 0.340 e. The van der Waals surface area contributed by atoms with E-state index in [9.17, 15) is 23.2 Å². The lowest BCUT2D eigenvalue weighted by Gasteiger charge is -2.18. The van der Waals surface area contributed by atoms with Crippen molar-refractivity contribution in [3.63, 3.8) is 0 Å². The molecule has 0 spiro atoms. The minimum absolute atomic E-state index is 0.0390. The van der Waals surface area contributed by atoms with E-state index in [1.165, 1.54) is 24.0 Å². The molecule has 1 N–H and O–H groups in total. The van der Waals surface area contributed by atoms with Crippen LogP contribution in [0.2, 0.25) is 0 Å². The van der Waals surface area contributed by atoms with E-state index in [4.69, 9.17) is 9.72 Å². The Balaban J connectivity index is 1.31. The van der Waals surface area contributed by atoms with Crippen molar-refractivity contribution in [2.75, 3.05) is 13.2 Å². The van der Waals surface area contributed by atoms with E-state index < -0.39 is 23.5 Å². The number of hydrogen-bond acceptors (Lipinski definition) is 7. The molecule has 2 aromatic carbocycles. The number of rotatable bonds is 7. The van der Waals surface area contributed by atoms with Gasteiger partial charge in [0.1, 0.15) is 17.3 Å². The zero-order valence-corrected chi connectivity index (χ0v) is 24.5. The molecule has 7 rings (SSSR count). The van der Waals surface area contributed by atoms with E-state index in [0.717, 1.165) is 37.0 Å². The first-order valence-corrected chi connectivity index (χ1v) is 15.0. The number of aromatic nitrogens is 3. The number of esters is 1. The lowest BCUT2D eigenvalue weighted by atomic mass is 9.92. The number of hydrogen-bond donors (Lipinski definition) is 1. The highest BCUT2D eigenvalue weighted by Crippen LogP contribution is 2.45. The highest BCUT2D eigenvalue weighted by molar-refractivity contribution is 6.10. The largest absolute Gasteiger partial charge is 0.462 e. The van der Waals surface area contributed by atoms with Crippen LogP contribution in [-0.2, 0) is 17.6 Å². The normalized spacial score (nSPS) is 18.0. The summed E-state index contributed by atoms with van der Waals surface area (Å²) >= 11 is 0. The van der Waals surface area contributed by atoms with Crippen LogP contribution in [0.1, 0.15) is 97.6 Å². The highest BCUT2D eigenvalue weighted by atomic mass is 19.1. The average molecular weight is 610 g/mol. The predicted molar refractivity (Wildman–Crippen MR) is 158 cm³/mol. The number of ether oxygens (including phenoxy) is 1. The fourth-order valence-corrected chi connectivity index (χ4v) is 6.72. The molecular weight excluding hydrogens is 580 g/mol. The first kappa shape index (κ1) is 28.7. The summed E-state index contributed by atoms with van der Waals surface area (Å²) in [6, 6.07) is 10.7. The molecule has 0 radical (unpaired) electrons. The molecule has 4 heterocycles. The van der Waals surface area contributed by atoms with E-state index >= 15 is 0 Å². The number of carbonyl (C=O) groups is 3. The number of benzene rings is 2. The van der Waals surface area contributed by atoms with E-state index in [1.54, 1.807) is 11.8 Å². The van der Waals surface area contributed by atoms with Crippen LogP contribution >= 0.6 is 0 Å². The Morgan fingerprint density at radius 2 is 1.91 bits per heavy atom. The molecule has 3 aliphatic rings. The summed E-state index contributed by atoms with van der Waals surface area (Å²) in [6.07, 6.45) is 5.64. The number of nitrogens with one attached hydrogen (secondary N) is 1. The zero-order chi connectivity index (χ0) is 31.2. The quantitative estimate of drug-likeness (QED) is 0.283. The zero-order valence-electron chi connectivity index (χ0n) is 24.5. The third kappa shape index (κ3) is 5.01. The number of nitrogens with zero attached hydrogens (tertiary/aromatic N) is 4. The Hall–Kier alpha value is -5.06. The van der Waals surface area contributed by atoms with Gasteiger partial charge in [0.05, 0.1) is 59.3 Å². The minimum atomic E-state index is -0.785. The first-order chi connectivity index (χ1) is 21.8. The SMILES string of the molecule is CCOC(=O)c1c(Cc2ccc(F)cc2F)nc2c(c1-c1cnc(C(=O)N[C@@H]3CCc4ccccc43)cn1)C(=O)N1CCC[C@@H]21. The molecule has 2 atom stereocenters. The van der Waals surface area contributed by atoms with Gasteiger partial charge in [0.25, 0.3) is 11.8 Å². The van der Waals surface area contributed by atoms with Gasteiger partial charge in [-0.2, -0.15) is 0 Å². The fraction of sp³-hybridized carbons (Fsp3) is 0.294. The van der Waals surface area contributed by atoms with Crippen LogP contribution in [0.25, 0.3) is 11.3 Å². The predicted octanol–water partition coefficient (Wildman–Crippen LogP) is 5.29. The van der Waals surface area contributed by atoms with Crippen molar-refractivity contribution in [2.24, 2.45) is 0 Å².